The van der Waals surface area contributed by atoms with Crippen molar-refractivity contribution in [2.75, 3.05) is 6.61 Å². The topological polar surface area (TPSA) is 94.3 Å². The molecule has 0 aliphatic carbocycles. The second-order valence-electron chi connectivity index (χ2n) is 5.19. The van der Waals surface area contributed by atoms with Crippen molar-refractivity contribution >= 4 is 23.2 Å². The van der Waals surface area contributed by atoms with Gasteiger partial charge < -0.3 is 15.8 Å². The summed E-state index contributed by atoms with van der Waals surface area (Å²) in [4.78, 5) is 27.3. The molecular formula is C14H23N3O3S. The molecule has 1 rings (SSSR count). The minimum absolute atomic E-state index is 0.0585. The van der Waals surface area contributed by atoms with Crippen LogP contribution < -0.4 is 11.1 Å². The van der Waals surface area contributed by atoms with Gasteiger partial charge in [0.1, 0.15) is 5.01 Å². The molecule has 0 radical (unpaired) electrons. The number of nitrogens with one attached hydrogen (secondary N) is 1. The van der Waals surface area contributed by atoms with Crippen LogP contribution in [-0.2, 0) is 9.53 Å². The van der Waals surface area contributed by atoms with Gasteiger partial charge in [0, 0.05) is 18.3 Å². The fourth-order valence-corrected chi connectivity index (χ4v) is 2.61. The van der Waals surface area contributed by atoms with Gasteiger partial charge in [-0.3, -0.25) is 4.79 Å². The molecule has 2 unspecified atom stereocenters. The molecule has 0 aliphatic heterocycles. The highest BCUT2D eigenvalue weighted by atomic mass is 32.1. The summed E-state index contributed by atoms with van der Waals surface area (Å²) < 4.78 is 4.91. The number of ether oxygens (including phenoxy) is 1. The SMILES string of the molecule is CCOC(=O)c1csc(C(CC(N)C(C)C)NC(C)=O)n1. The molecule has 0 bridgehead atoms. The van der Waals surface area contributed by atoms with Crippen molar-refractivity contribution in [2.45, 2.75) is 46.2 Å². The number of carbonyl (C=O) groups is 2. The van der Waals surface area contributed by atoms with Crippen LogP contribution in [0.5, 0.6) is 0 Å². The molecule has 6 nitrogen and oxygen atoms in total. The molecule has 0 aliphatic rings. The van der Waals surface area contributed by atoms with E-state index >= 15 is 0 Å². The van der Waals surface area contributed by atoms with Gasteiger partial charge in [-0.15, -0.1) is 11.3 Å². The second-order valence-corrected chi connectivity index (χ2v) is 6.08. The lowest BCUT2D eigenvalue weighted by molar-refractivity contribution is -0.119. The van der Waals surface area contributed by atoms with Crippen LogP contribution in [0.25, 0.3) is 0 Å². The summed E-state index contributed by atoms with van der Waals surface area (Å²) >= 11 is 1.33. The number of nitrogens with two attached hydrogens (primary N) is 1. The third-order valence-electron chi connectivity index (χ3n) is 3.05. The Bertz CT molecular complexity index is 488. The van der Waals surface area contributed by atoms with Crippen molar-refractivity contribution in [3.63, 3.8) is 0 Å². The summed E-state index contributed by atoms with van der Waals surface area (Å²) in [6.45, 7) is 7.56. The van der Waals surface area contributed by atoms with Crippen LogP contribution >= 0.6 is 11.3 Å². The van der Waals surface area contributed by atoms with Crippen molar-refractivity contribution in [1.82, 2.24) is 10.3 Å². The predicted octanol–water partition coefficient (Wildman–Crippen LogP) is 1.87. The normalized spacial score (nSPS) is 13.8. The van der Waals surface area contributed by atoms with E-state index in [0.29, 0.717) is 24.0 Å². The molecule has 1 aromatic rings. The lowest BCUT2D eigenvalue weighted by Crippen LogP contribution is -2.35. The largest absolute Gasteiger partial charge is 0.461 e. The van der Waals surface area contributed by atoms with Crippen LogP contribution in [0, 0.1) is 5.92 Å². The Kier molecular flexibility index (Phi) is 6.77. The number of thiazole rings is 1. The average Bonchev–Trinajstić information content (AvgIpc) is 2.87. The second kappa shape index (κ2) is 8.09. The molecule has 1 amide bonds. The molecule has 3 N–H and O–H groups in total. The zero-order chi connectivity index (χ0) is 16.0. The van der Waals surface area contributed by atoms with Gasteiger partial charge in [-0.1, -0.05) is 13.8 Å². The smallest absolute Gasteiger partial charge is 0.357 e. The molecule has 0 fully saturated rings. The van der Waals surface area contributed by atoms with E-state index in [2.05, 4.69) is 10.3 Å². The van der Waals surface area contributed by atoms with Crippen molar-refractivity contribution < 1.29 is 14.3 Å². The lowest BCUT2D eigenvalue weighted by atomic mass is 9.98. The van der Waals surface area contributed by atoms with Gasteiger partial charge in [-0.05, 0) is 19.3 Å². The minimum Gasteiger partial charge on any atom is -0.461 e. The molecule has 1 aromatic heterocycles. The Hall–Kier alpha value is -1.47. The summed E-state index contributed by atoms with van der Waals surface area (Å²) in [5.74, 6) is -0.302. The molecule has 118 valence electrons. The standard InChI is InChI=1S/C14H23N3O3S/c1-5-20-14(19)12-7-21-13(17-12)11(16-9(4)18)6-10(15)8(2)3/h7-8,10-11H,5-6,15H2,1-4H3,(H,16,18). The highest BCUT2D eigenvalue weighted by Gasteiger charge is 2.23. The van der Waals surface area contributed by atoms with Gasteiger partial charge in [0.05, 0.1) is 12.6 Å². The quantitative estimate of drug-likeness (QED) is 0.749. The van der Waals surface area contributed by atoms with Gasteiger partial charge in [0.25, 0.3) is 0 Å². The third kappa shape index (κ3) is 5.43. The maximum Gasteiger partial charge on any atom is 0.357 e. The van der Waals surface area contributed by atoms with Gasteiger partial charge in [-0.2, -0.15) is 0 Å². The molecule has 0 saturated heterocycles. The van der Waals surface area contributed by atoms with Crippen LogP contribution in [-0.4, -0.2) is 29.5 Å². The number of carbonyl (C=O) groups excluding carboxylic acids is 2. The first-order valence-corrected chi connectivity index (χ1v) is 7.88. The van der Waals surface area contributed by atoms with Crippen LogP contribution in [0.3, 0.4) is 0 Å². The summed E-state index contributed by atoms with van der Waals surface area (Å²) in [6, 6.07) is -0.343. The monoisotopic (exact) mass is 313 g/mol. The highest BCUT2D eigenvalue weighted by molar-refractivity contribution is 7.09. The number of aromatic nitrogens is 1. The average molecular weight is 313 g/mol. The lowest BCUT2D eigenvalue weighted by Gasteiger charge is -2.22. The third-order valence-corrected chi connectivity index (χ3v) is 4.00. The van der Waals surface area contributed by atoms with Crippen molar-refractivity contribution in [2.24, 2.45) is 11.7 Å². The molecule has 0 spiro atoms. The predicted molar refractivity (Wildman–Crippen MR) is 82.1 cm³/mol. The molecular weight excluding hydrogens is 290 g/mol. The summed E-state index contributed by atoms with van der Waals surface area (Å²) in [5.41, 5.74) is 6.35. The zero-order valence-corrected chi connectivity index (χ0v) is 13.7. The molecule has 21 heavy (non-hydrogen) atoms. The highest BCUT2D eigenvalue weighted by Crippen LogP contribution is 2.24. The fourth-order valence-electron chi connectivity index (χ4n) is 1.76. The number of hydrogen-bond acceptors (Lipinski definition) is 6. The first-order valence-electron chi connectivity index (χ1n) is 7.00. The summed E-state index contributed by atoms with van der Waals surface area (Å²) in [7, 11) is 0. The molecule has 0 aromatic carbocycles. The maximum absolute atomic E-state index is 11.6. The van der Waals surface area contributed by atoms with Gasteiger partial charge in [-0.25, -0.2) is 9.78 Å². The Labute approximate surface area is 129 Å². The van der Waals surface area contributed by atoms with Crippen molar-refractivity contribution in [3.05, 3.63) is 16.1 Å². The van der Waals surface area contributed by atoms with Crippen LogP contribution in [0.1, 0.15) is 55.7 Å². The van der Waals surface area contributed by atoms with E-state index in [4.69, 9.17) is 10.5 Å². The Morgan fingerprint density at radius 3 is 2.67 bits per heavy atom. The summed E-state index contributed by atoms with van der Waals surface area (Å²) in [5, 5.41) is 5.16. The van der Waals surface area contributed by atoms with Gasteiger partial charge in [0.2, 0.25) is 5.91 Å². The summed E-state index contributed by atoms with van der Waals surface area (Å²) in [6.07, 6.45) is 0.576. The molecule has 2 atom stereocenters. The van der Waals surface area contributed by atoms with E-state index in [9.17, 15) is 9.59 Å². The Morgan fingerprint density at radius 2 is 2.14 bits per heavy atom. The van der Waals surface area contributed by atoms with Crippen LogP contribution in [0.4, 0.5) is 0 Å². The van der Waals surface area contributed by atoms with E-state index in [1.165, 1.54) is 18.3 Å². The zero-order valence-electron chi connectivity index (χ0n) is 12.9. The number of amides is 1. The van der Waals surface area contributed by atoms with E-state index in [1.54, 1.807) is 12.3 Å². The van der Waals surface area contributed by atoms with E-state index in [-0.39, 0.29) is 23.7 Å². The number of hydrogen-bond donors (Lipinski definition) is 2. The Morgan fingerprint density at radius 1 is 1.48 bits per heavy atom. The molecule has 1 heterocycles. The number of nitrogens with zero attached hydrogens (tertiary/aromatic N) is 1. The van der Waals surface area contributed by atoms with E-state index < -0.39 is 5.97 Å². The van der Waals surface area contributed by atoms with Crippen molar-refractivity contribution in [1.29, 1.82) is 0 Å². The Balaban J connectivity index is 2.88. The van der Waals surface area contributed by atoms with Crippen LogP contribution in [0.2, 0.25) is 0 Å². The number of esters is 1. The fraction of sp³-hybridized carbons (Fsp3) is 0.643. The van der Waals surface area contributed by atoms with Crippen molar-refractivity contribution in [3.8, 4) is 0 Å². The first kappa shape index (κ1) is 17.6. The molecule has 0 saturated carbocycles. The van der Waals surface area contributed by atoms with Crippen LogP contribution in [0.15, 0.2) is 5.38 Å². The van der Waals surface area contributed by atoms with E-state index in [0.717, 1.165) is 0 Å². The number of rotatable bonds is 7. The minimum atomic E-state index is -0.449. The van der Waals surface area contributed by atoms with Gasteiger partial charge >= 0.3 is 5.97 Å². The maximum atomic E-state index is 11.6. The van der Waals surface area contributed by atoms with E-state index in [1.807, 2.05) is 13.8 Å². The van der Waals surface area contributed by atoms with Gasteiger partial charge in [0.15, 0.2) is 5.69 Å². The first-order chi connectivity index (χ1) is 9.85. The molecule has 7 heteroatoms.